The summed E-state index contributed by atoms with van der Waals surface area (Å²) in [6.45, 7) is 6.79. The number of aryl methyl sites for hydroxylation is 2. The van der Waals surface area contributed by atoms with Crippen LogP contribution in [0.1, 0.15) is 66.4 Å². The summed E-state index contributed by atoms with van der Waals surface area (Å²) in [5.74, 6) is -1.36. The highest BCUT2D eigenvalue weighted by atomic mass is 16.1. The van der Waals surface area contributed by atoms with E-state index in [1.165, 1.54) is 0 Å². The molecule has 0 bridgehead atoms. The lowest BCUT2D eigenvalue weighted by molar-refractivity contribution is 0.0953. The van der Waals surface area contributed by atoms with Gasteiger partial charge in [0.15, 0.2) is 23.1 Å². The van der Waals surface area contributed by atoms with Crippen LogP contribution in [0.2, 0.25) is 0 Å². The van der Waals surface area contributed by atoms with Crippen molar-refractivity contribution in [2.45, 2.75) is 27.7 Å². The third-order valence-corrected chi connectivity index (χ3v) is 5.46. The number of ketones is 4. The molecule has 0 unspecified atom stereocenters. The molecule has 4 heteroatoms. The molecule has 4 nitrogen and oxygen atoms in total. The van der Waals surface area contributed by atoms with Crippen molar-refractivity contribution in [1.82, 2.24) is 0 Å². The molecular weight excluding hydrogens is 352 g/mol. The van der Waals surface area contributed by atoms with Gasteiger partial charge >= 0.3 is 0 Å². The molecule has 0 fully saturated rings. The van der Waals surface area contributed by atoms with Crippen LogP contribution in [0.3, 0.4) is 0 Å². The van der Waals surface area contributed by atoms with E-state index in [1.54, 1.807) is 50.2 Å². The summed E-state index contributed by atoms with van der Waals surface area (Å²) < 4.78 is 0. The molecule has 0 heterocycles. The molecule has 2 aliphatic carbocycles. The van der Waals surface area contributed by atoms with Gasteiger partial charge in [-0.05, 0) is 39.8 Å². The van der Waals surface area contributed by atoms with Crippen molar-refractivity contribution >= 4 is 23.1 Å². The molecule has 28 heavy (non-hydrogen) atoms. The second-order valence-corrected chi connectivity index (χ2v) is 7.41. The van der Waals surface area contributed by atoms with Gasteiger partial charge in [0, 0.05) is 44.5 Å². The van der Waals surface area contributed by atoms with Crippen LogP contribution in [0.15, 0.2) is 58.7 Å². The first-order chi connectivity index (χ1) is 13.2. The van der Waals surface area contributed by atoms with Gasteiger partial charge in [0.1, 0.15) is 0 Å². The molecule has 4 rings (SSSR count). The Morgan fingerprint density at radius 3 is 1.18 bits per heavy atom. The molecule has 138 valence electrons. The average Bonchev–Trinajstić information content (AvgIpc) is 2.67. The van der Waals surface area contributed by atoms with Gasteiger partial charge in [0.05, 0.1) is 0 Å². The van der Waals surface area contributed by atoms with E-state index in [1.807, 2.05) is 13.8 Å². The van der Waals surface area contributed by atoms with Gasteiger partial charge < -0.3 is 0 Å². The third kappa shape index (κ3) is 2.38. The Kier molecular flexibility index (Phi) is 3.89. The molecule has 0 saturated heterocycles. The summed E-state index contributed by atoms with van der Waals surface area (Å²) in [4.78, 5) is 52.3. The second-order valence-electron chi connectivity index (χ2n) is 7.41. The summed E-state index contributed by atoms with van der Waals surface area (Å²) in [5, 5.41) is 0. The number of fused-ring (bicyclic) bond motifs is 2. The molecule has 0 aliphatic heterocycles. The van der Waals surface area contributed by atoms with Crippen LogP contribution in [0, 0.1) is 13.8 Å². The molecule has 2 aromatic carbocycles. The molecule has 2 aromatic rings. The number of rotatable bonds is 1. The van der Waals surface area contributed by atoms with Gasteiger partial charge in [0.25, 0.3) is 0 Å². The quantitative estimate of drug-likeness (QED) is 0.746. The van der Waals surface area contributed by atoms with E-state index in [9.17, 15) is 19.2 Å². The van der Waals surface area contributed by atoms with E-state index in [4.69, 9.17) is 0 Å². The summed E-state index contributed by atoms with van der Waals surface area (Å²) >= 11 is 0. The van der Waals surface area contributed by atoms with E-state index < -0.39 is 11.6 Å². The van der Waals surface area contributed by atoms with Crippen molar-refractivity contribution in [3.8, 4) is 0 Å². The van der Waals surface area contributed by atoms with Crippen LogP contribution in [0.5, 0.6) is 0 Å². The van der Waals surface area contributed by atoms with E-state index >= 15 is 0 Å². The van der Waals surface area contributed by atoms with Crippen molar-refractivity contribution in [3.63, 3.8) is 0 Å². The van der Waals surface area contributed by atoms with Crippen LogP contribution in [0.25, 0.3) is 0 Å². The number of benzene rings is 2. The molecule has 0 amide bonds. The smallest absolute Gasteiger partial charge is 0.194 e. The van der Waals surface area contributed by atoms with Crippen LogP contribution < -0.4 is 0 Å². The Labute approximate surface area is 162 Å². The maximum Gasteiger partial charge on any atom is 0.194 e. The van der Waals surface area contributed by atoms with Crippen molar-refractivity contribution in [2.75, 3.05) is 0 Å². The standard InChI is InChI=1S/C24H18O4/c1-11-5-7-15-17(9-11)21(25)13(3)19(23(15)27)20-14(4)22(26)18-10-12(2)6-8-16(18)24(20)28/h5-10H,1-4H3. The Hall–Kier alpha value is -3.40. The fourth-order valence-corrected chi connectivity index (χ4v) is 3.93. The number of carbonyl (C=O) groups excluding carboxylic acids is 4. The molecule has 0 spiro atoms. The zero-order chi connectivity index (χ0) is 20.3. The number of carbonyl (C=O) groups is 4. The van der Waals surface area contributed by atoms with E-state index in [-0.39, 0.29) is 45.0 Å². The lowest BCUT2D eigenvalue weighted by Crippen LogP contribution is -2.29. The molecule has 0 radical (unpaired) electrons. The fourth-order valence-electron chi connectivity index (χ4n) is 3.93. The second kappa shape index (κ2) is 6.06. The van der Waals surface area contributed by atoms with Gasteiger partial charge in [0.2, 0.25) is 0 Å². The van der Waals surface area contributed by atoms with Gasteiger partial charge in [-0.1, -0.05) is 35.4 Å². The average molecular weight is 370 g/mol. The molecular formula is C24H18O4. The predicted octanol–water partition coefficient (Wildman–Crippen LogP) is 4.39. The Morgan fingerprint density at radius 2 is 0.821 bits per heavy atom. The van der Waals surface area contributed by atoms with E-state index in [2.05, 4.69) is 0 Å². The van der Waals surface area contributed by atoms with Gasteiger partial charge in [-0.15, -0.1) is 0 Å². The summed E-state index contributed by atoms with van der Waals surface area (Å²) in [6.07, 6.45) is 0. The highest BCUT2D eigenvalue weighted by molar-refractivity contribution is 6.36. The number of hydrogen-bond donors (Lipinski definition) is 0. The number of hydrogen-bond acceptors (Lipinski definition) is 4. The van der Waals surface area contributed by atoms with Gasteiger partial charge in [-0.3, -0.25) is 19.2 Å². The van der Waals surface area contributed by atoms with E-state index in [0.717, 1.165) is 11.1 Å². The van der Waals surface area contributed by atoms with Crippen molar-refractivity contribution < 1.29 is 19.2 Å². The van der Waals surface area contributed by atoms with Crippen LogP contribution in [0.4, 0.5) is 0 Å². The molecule has 0 saturated carbocycles. The minimum atomic E-state index is -0.391. The lowest BCUT2D eigenvalue weighted by atomic mass is 9.74. The Morgan fingerprint density at radius 1 is 0.464 bits per heavy atom. The summed E-state index contributed by atoms with van der Waals surface area (Å²) in [5.41, 5.74) is 3.47. The minimum absolute atomic E-state index is 0.0448. The minimum Gasteiger partial charge on any atom is -0.289 e. The first kappa shape index (κ1) is 18.0. The molecule has 0 aromatic heterocycles. The van der Waals surface area contributed by atoms with Crippen molar-refractivity contribution in [3.05, 3.63) is 92.1 Å². The Balaban J connectivity index is 1.96. The fraction of sp³-hybridized carbons (Fsp3) is 0.167. The summed E-state index contributed by atoms with van der Waals surface area (Å²) in [7, 11) is 0. The first-order valence-electron chi connectivity index (χ1n) is 9.04. The predicted molar refractivity (Wildman–Crippen MR) is 105 cm³/mol. The molecule has 0 N–H and O–H groups in total. The first-order valence-corrected chi connectivity index (χ1v) is 9.04. The number of Topliss-reactive ketones (excluding diaryl/α,β-unsaturated/α-hetero) is 4. The Bertz CT molecular complexity index is 1110. The highest BCUT2D eigenvalue weighted by Crippen LogP contribution is 2.37. The van der Waals surface area contributed by atoms with Crippen LogP contribution >= 0.6 is 0 Å². The lowest BCUT2D eigenvalue weighted by Gasteiger charge is -2.25. The van der Waals surface area contributed by atoms with Gasteiger partial charge in [-0.25, -0.2) is 0 Å². The third-order valence-electron chi connectivity index (χ3n) is 5.46. The van der Waals surface area contributed by atoms with Crippen molar-refractivity contribution in [2.24, 2.45) is 0 Å². The number of allylic oxidation sites excluding steroid dienone is 4. The SMILES string of the molecule is CC1=C(C2=C(C)C(=O)c3cc(C)ccc3C2=O)C(=O)c2ccc(C)cc2C1=O. The van der Waals surface area contributed by atoms with Gasteiger partial charge in [-0.2, -0.15) is 0 Å². The topological polar surface area (TPSA) is 68.3 Å². The zero-order valence-corrected chi connectivity index (χ0v) is 16.1. The van der Waals surface area contributed by atoms with Crippen molar-refractivity contribution in [1.29, 1.82) is 0 Å². The van der Waals surface area contributed by atoms with Crippen LogP contribution in [-0.2, 0) is 0 Å². The maximum atomic E-state index is 13.2. The van der Waals surface area contributed by atoms with E-state index in [0.29, 0.717) is 11.1 Å². The highest BCUT2D eigenvalue weighted by Gasteiger charge is 2.39. The zero-order valence-electron chi connectivity index (χ0n) is 16.1. The summed E-state index contributed by atoms with van der Waals surface area (Å²) in [6, 6.07) is 10.1. The molecule has 2 aliphatic rings. The normalized spacial score (nSPS) is 16.6. The van der Waals surface area contributed by atoms with Crippen LogP contribution in [-0.4, -0.2) is 23.1 Å². The molecule has 0 atom stereocenters. The monoisotopic (exact) mass is 370 g/mol. The largest absolute Gasteiger partial charge is 0.289 e. The maximum absolute atomic E-state index is 13.2.